The largest absolute Gasteiger partial charge is 0.355 e. The summed E-state index contributed by atoms with van der Waals surface area (Å²) < 4.78 is 0. The second-order valence-electron chi connectivity index (χ2n) is 4.66. The van der Waals surface area contributed by atoms with Crippen molar-refractivity contribution in [1.29, 1.82) is 0 Å². The lowest BCUT2D eigenvalue weighted by atomic mass is 10.1. The molecule has 1 aromatic rings. The molecule has 1 atom stereocenters. The predicted octanol–water partition coefficient (Wildman–Crippen LogP) is -0.0590. The average Bonchev–Trinajstić information content (AvgIpc) is 2.46. The van der Waals surface area contributed by atoms with Gasteiger partial charge in [0.2, 0.25) is 11.8 Å². The van der Waals surface area contributed by atoms with Gasteiger partial charge in [-0.05, 0) is 24.1 Å². The van der Waals surface area contributed by atoms with E-state index in [9.17, 15) is 14.4 Å². The molecule has 3 amide bonds. The Morgan fingerprint density at radius 3 is 2.60 bits per heavy atom. The van der Waals surface area contributed by atoms with Crippen molar-refractivity contribution >= 4 is 17.7 Å². The molecule has 6 nitrogen and oxygen atoms in total. The molecule has 1 fully saturated rings. The van der Waals surface area contributed by atoms with Crippen LogP contribution in [0.2, 0.25) is 0 Å². The molecule has 0 saturated carbocycles. The number of nitrogens with one attached hydrogen (secondary N) is 3. The van der Waals surface area contributed by atoms with Crippen LogP contribution in [0.5, 0.6) is 0 Å². The third-order valence-corrected chi connectivity index (χ3v) is 3.23. The fourth-order valence-corrected chi connectivity index (χ4v) is 2.05. The summed E-state index contributed by atoms with van der Waals surface area (Å²) in [5.74, 6) is -0.624. The van der Waals surface area contributed by atoms with E-state index in [1.807, 2.05) is 12.1 Å². The molecule has 1 heterocycles. The zero-order valence-corrected chi connectivity index (χ0v) is 11.2. The number of piperidine rings is 1. The van der Waals surface area contributed by atoms with Gasteiger partial charge in [0.05, 0.1) is 6.04 Å². The molecule has 0 radical (unpaired) electrons. The maximum Gasteiger partial charge on any atom is 0.251 e. The third-order valence-electron chi connectivity index (χ3n) is 3.23. The second-order valence-corrected chi connectivity index (χ2v) is 4.66. The van der Waals surface area contributed by atoms with E-state index in [2.05, 4.69) is 16.0 Å². The quantitative estimate of drug-likeness (QED) is 0.672. The summed E-state index contributed by atoms with van der Waals surface area (Å²) in [6.07, 6.45) is 0.875. The van der Waals surface area contributed by atoms with Crippen molar-refractivity contribution in [3.63, 3.8) is 0 Å². The first kappa shape index (κ1) is 14.2. The molecule has 0 bridgehead atoms. The number of hydrogen-bond acceptors (Lipinski definition) is 4. The van der Waals surface area contributed by atoms with Gasteiger partial charge in [-0.2, -0.15) is 0 Å². The highest BCUT2D eigenvalue weighted by Gasteiger charge is 2.25. The van der Waals surface area contributed by atoms with Crippen LogP contribution >= 0.6 is 0 Å². The molecule has 1 saturated heterocycles. The molecule has 0 aliphatic carbocycles. The summed E-state index contributed by atoms with van der Waals surface area (Å²) in [5.41, 5.74) is 1.57. The Morgan fingerprint density at radius 2 is 2.00 bits per heavy atom. The van der Waals surface area contributed by atoms with E-state index in [-0.39, 0.29) is 23.8 Å². The molecule has 1 aromatic carbocycles. The standard InChI is InChI=1S/C14H17N3O3/c1-15-13(19)10-4-2-9(3-5-10)8-16-11-6-7-12(18)17-14(11)20/h2-5,11,16H,6-8H2,1H3,(H,15,19)(H,17,18,20). The lowest BCUT2D eigenvalue weighted by Gasteiger charge is -2.21. The maximum atomic E-state index is 11.6. The van der Waals surface area contributed by atoms with E-state index in [0.29, 0.717) is 24.9 Å². The summed E-state index contributed by atoms with van der Waals surface area (Å²) in [7, 11) is 1.58. The van der Waals surface area contributed by atoms with Gasteiger partial charge in [0.25, 0.3) is 5.91 Å². The molecule has 0 aromatic heterocycles. The van der Waals surface area contributed by atoms with Crippen molar-refractivity contribution in [3.05, 3.63) is 35.4 Å². The van der Waals surface area contributed by atoms with Crippen molar-refractivity contribution in [2.75, 3.05) is 7.05 Å². The van der Waals surface area contributed by atoms with Crippen LogP contribution in [0, 0.1) is 0 Å². The highest BCUT2D eigenvalue weighted by Crippen LogP contribution is 2.08. The smallest absolute Gasteiger partial charge is 0.251 e. The fraction of sp³-hybridized carbons (Fsp3) is 0.357. The first-order chi connectivity index (χ1) is 9.60. The molecule has 1 unspecified atom stereocenters. The van der Waals surface area contributed by atoms with Crippen LogP contribution in [0.3, 0.4) is 0 Å². The van der Waals surface area contributed by atoms with E-state index in [4.69, 9.17) is 0 Å². The minimum Gasteiger partial charge on any atom is -0.355 e. The Balaban J connectivity index is 1.89. The molecule has 3 N–H and O–H groups in total. The Morgan fingerprint density at radius 1 is 1.30 bits per heavy atom. The summed E-state index contributed by atoms with van der Waals surface area (Å²) in [4.78, 5) is 34.0. The van der Waals surface area contributed by atoms with E-state index < -0.39 is 0 Å². The summed E-state index contributed by atoms with van der Waals surface area (Å²) in [6, 6.07) is 6.80. The van der Waals surface area contributed by atoms with Gasteiger partial charge in [-0.15, -0.1) is 0 Å². The van der Waals surface area contributed by atoms with Crippen LogP contribution < -0.4 is 16.0 Å². The highest BCUT2D eigenvalue weighted by atomic mass is 16.2. The van der Waals surface area contributed by atoms with Crippen molar-refractivity contribution in [2.24, 2.45) is 0 Å². The molecular formula is C14H17N3O3. The van der Waals surface area contributed by atoms with Crippen LogP contribution in [0.1, 0.15) is 28.8 Å². The van der Waals surface area contributed by atoms with Gasteiger partial charge >= 0.3 is 0 Å². The Hall–Kier alpha value is -2.21. The minimum absolute atomic E-state index is 0.130. The van der Waals surface area contributed by atoms with Crippen molar-refractivity contribution in [3.8, 4) is 0 Å². The fourth-order valence-electron chi connectivity index (χ4n) is 2.05. The highest BCUT2D eigenvalue weighted by molar-refractivity contribution is 6.00. The molecule has 2 rings (SSSR count). The van der Waals surface area contributed by atoms with E-state index in [1.165, 1.54) is 0 Å². The molecule has 0 spiro atoms. The molecule has 106 valence electrons. The number of benzene rings is 1. The molecule has 6 heteroatoms. The lowest BCUT2D eigenvalue weighted by molar-refractivity contribution is -0.134. The van der Waals surface area contributed by atoms with Gasteiger partial charge in [0.1, 0.15) is 0 Å². The van der Waals surface area contributed by atoms with Gasteiger partial charge < -0.3 is 10.6 Å². The van der Waals surface area contributed by atoms with E-state index >= 15 is 0 Å². The summed E-state index contributed by atoms with van der Waals surface area (Å²) >= 11 is 0. The topological polar surface area (TPSA) is 87.3 Å². The molecular weight excluding hydrogens is 258 g/mol. The average molecular weight is 275 g/mol. The summed E-state index contributed by atoms with van der Waals surface area (Å²) in [6.45, 7) is 0.514. The summed E-state index contributed by atoms with van der Waals surface area (Å²) in [5, 5.41) is 7.97. The number of hydrogen-bond donors (Lipinski definition) is 3. The van der Waals surface area contributed by atoms with Crippen LogP contribution in [-0.2, 0) is 16.1 Å². The third kappa shape index (κ3) is 3.42. The predicted molar refractivity (Wildman–Crippen MR) is 72.8 cm³/mol. The molecule has 1 aliphatic heterocycles. The van der Waals surface area contributed by atoms with Gasteiger partial charge in [-0.25, -0.2) is 0 Å². The lowest BCUT2D eigenvalue weighted by Crippen LogP contribution is -2.50. The Labute approximate surface area is 116 Å². The SMILES string of the molecule is CNC(=O)c1ccc(CNC2CCC(=O)NC2=O)cc1. The van der Waals surface area contributed by atoms with Gasteiger partial charge in [0, 0.05) is 25.6 Å². The van der Waals surface area contributed by atoms with Crippen LogP contribution in [0.4, 0.5) is 0 Å². The van der Waals surface area contributed by atoms with Gasteiger partial charge in [0.15, 0.2) is 0 Å². The Bertz CT molecular complexity index is 525. The van der Waals surface area contributed by atoms with Crippen LogP contribution in [-0.4, -0.2) is 30.8 Å². The van der Waals surface area contributed by atoms with Crippen LogP contribution in [0.25, 0.3) is 0 Å². The zero-order valence-electron chi connectivity index (χ0n) is 11.2. The minimum atomic E-state index is -0.341. The number of imide groups is 1. The maximum absolute atomic E-state index is 11.6. The van der Waals surface area contributed by atoms with Crippen LogP contribution in [0.15, 0.2) is 24.3 Å². The van der Waals surface area contributed by atoms with Crippen molar-refractivity contribution < 1.29 is 14.4 Å². The normalized spacial score (nSPS) is 18.6. The van der Waals surface area contributed by atoms with Gasteiger partial charge in [-0.1, -0.05) is 12.1 Å². The van der Waals surface area contributed by atoms with Crippen molar-refractivity contribution in [2.45, 2.75) is 25.4 Å². The molecule has 1 aliphatic rings. The van der Waals surface area contributed by atoms with Gasteiger partial charge in [-0.3, -0.25) is 19.7 Å². The van der Waals surface area contributed by atoms with E-state index in [0.717, 1.165) is 5.56 Å². The number of carbonyl (C=O) groups is 3. The first-order valence-corrected chi connectivity index (χ1v) is 6.48. The second kappa shape index (κ2) is 6.29. The Kier molecular flexibility index (Phi) is 4.47. The zero-order chi connectivity index (χ0) is 14.5. The monoisotopic (exact) mass is 275 g/mol. The van der Waals surface area contributed by atoms with Crippen molar-refractivity contribution in [1.82, 2.24) is 16.0 Å². The number of carbonyl (C=O) groups excluding carboxylic acids is 3. The molecule has 20 heavy (non-hydrogen) atoms. The van der Waals surface area contributed by atoms with E-state index in [1.54, 1.807) is 19.2 Å². The first-order valence-electron chi connectivity index (χ1n) is 6.48. The number of amides is 3. The number of rotatable bonds is 4.